The maximum atomic E-state index is 12.0. The van der Waals surface area contributed by atoms with Crippen molar-refractivity contribution in [1.82, 2.24) is 5.32 Å². The average molecular weight is 380 g/mol. The number of hydrogen-bond acceptors (Lipinski definition) is 4. The Morgan fingerprint density at radius 3 is 1.75 bits per heavy atom. The number of carbonyl (C=O) groups excluding carboxylic acids is 2. The molecule has 0 heterocycles. The molecule has 146 valence electrons. The van der Waals surface area contributed by atoms with E-state index in [9.17, 15) is 9.59 Å². The molecule has 0 aliphatic rings. The molecule has 0 spiro atoms. The zero-order valence-electron chi connectivity index (χ0n) is 16.0. The van der Waals surface area contributed by atoms with Crippen molar-refractivity contribution in [3.05, 3.63) is 70.9 Å². The van der Waals surface area contributed by atoms with Crippen molar-refractivity contribution < 1.29 is 19.1 Å². The number of nitrogens with two attached hydrogens (primary N) is 1. The highest BCUT2D eigenvalue weighted by molar-refractivity contribution is 6.02. The molecule has 0 aliphatic heterocycles. The summed E-state index contributed by atoms with van der Waals surface area (Å²) < 4.78 is 10.8. The van der Waals surface area contributed by atoms with Crippen LogP contribution in [0.15, 0.2) is 59.8 Å². The largest absolute Gasteiger partial charge is 0.494 e. The zero-order chi connectivity index (χ0) is 20.4. The topological polar surface area (TPSA) is 90.7 Å². The number of carbonyl (C=O) groups is 2. The lowest BCUT2D eigenvalue weighted by atomic mass is 10.0. The van der Waals surface area contributed by atoms with Crippen molar-refractivity contribution in [3.63, 3.8) is 0 Å². The van der Waals surface area contributed by atoms with Crippen LogP contribution in [0.1, 0.15) is 25.0 Å². The molecule has 0 fully saturated rings. The van der Waals surface area contributed by atoms with E-state index in [4.69, 9.17) is 15.2 Å². The zero-order valence-corrected chi connectivity index (χ0v) is 16.0. The number of ether oxygens (including phenoxy) is 2. The van der Waals surface area contributed by atoms with Gasteiger partial charge < -0.3 is 20.5 Å². The maximum absolute atomic E-state index is 12.0. The molecule has 0 atom stereocenters. The Morgan fingerprint density at radius 1 is 0.893 bits per heavy atom. The molecule has 2 aromatic carbocycles. The summed E-state index contributed by atoms with van der Waals surface area (Å²) in [4.78, 5) is 23.1. The third-order valence-electron chi connectivity index (χ3n) is 3.77. The number of nitrogens with one attached hydrogen (secondary N) is 1. The van der Waals surface area contributed by atoms with Gasteiger partial charge in [0.15, 0.2) is 0 Å². The number of primary amides is 1. The van der Waals surface area contributed by atoms with Crippen molar-refractivity contribution >= 4 is 24.5 Å². The van der Waals surface area contributed by atoms with Gasteiger partial charge in [0.2, 0.25) is 6.41 Å². The van der Waals surface area contributed by atoms with Crippen LogP contribution in [0.2, 0.25) is 0 Å². The van der Waals surface area contributed by atoms with Gasteiger partial charge in [-0.3, -0.25) is 9.59 Å². The summed E-state index contributed by atoms with van der Waals surface area (Å²) in [5, 5.41) is 2.56. The Kier molecular flexibility index (Phi) is 7.84. The fourth-order valence-corrected chi connectivity index (χ4v) is 2.53. The number of hydrogen-bond donors (Lipinski definition) is 2. The van der Waals surface area contributed by atoms with Crippen LogP contribution in [-0.4, -0.2) is 25.5 Å². The van der Waals surface area contributed by atoms with E-state index in [0.29, 0.717) is 25.3 Å². The summed E-state index contributed by atoms with van der Waals surface area (Å²) >= 11 is 0. The number of amides is 2. The van der Waals surface area contributed by atoms with Crippen LogP contribution in [0.4, 0.5) is 0 Å². The van der Waals surface area contributed by atoms with E-state index in [2.05, 4.69) is 5.32 Å². The summed E-state index contributed by atoms with van der Waals surface area (Å²) in [7, 11) is 0. The van der Waals surface area contributed by atoms with Gasteiger partial charge in [-0.2, -0.15) is 0 Å². The van der Waals surface area contributed by atoms with E-state index in [1.165, 1.54) is 0 Å². The average Bonchev–Trinajstić information content (AvgIpc) is 2.69. The molecule has 0 aliphatic carbocycles. The van der Waals surface area contributed by atoms with Crippen molar-refractivity contribution in [2.45, 2.75) is 13.8 Å². The van der Waals surface area contributed by atoms with Gasteiger partial charge >= 0.3 is 0 Å². The fourth-order valence-electron chi connectivity index (χ4n) is 2.53. The molecule has 2 rings (SSSR count). The molecule has 0 radical (unpaired) electrons. The Balaban J connectivity index is 2.37. The van der Waals surface area contributed by atoms with Crippen molar-refractivity contribution in [2.24, 2.45) is 5.73 Å². The van der Waals surface area contributed by atoms with E-state index in [-0.39, 0.29) is 5.57 Å². The van der Waals surface area contributed by atoms with Crippen LogP contribution in [0.5, 0.6) is 11.5 Å². The molecule has 0 unspecified atom stereocenters. The maximum Gasteiger partial charge on any atom is 0.250 e. The quantitative estimate of drug-likeness (QED) is 0.376. The van der Waals surface area contributed by atoms with Gasteiger partial charge in [0.05, 0.1) is 24.5 Å². The third kappa shape index (κ3) is 6.02. The minimum Gasteiger partial charge on any atom is -0.494 e. The van der Waals surface area contributed by atoms with E-state index < -0.39 is 5.91 Å². The molecule has 2 aromatic rings. The van der Waals surface area contributed by atoms with Crippen LogP contribution in [0, 0.1) is 0 Å². The summed E-state index contributed by atoms with van der Waals surface area (Å²) in [6.07, 6.45) is 3.81. The van der Waals surface area contributed by atoms with Gasteiger partial charge in [-0.15, -0.1) is 0 Å². The standard InChI is InChI=1S/C22H24N2O4/c1-3-27-18-9-5-16(6-10-18)13-20(22(23)26)21(24-15-25)14-17-7-11-19(12-8-17)28-4-2/h5-15H,3-4H2,1-2H3,(H2,23,26)(H,24,25)/b20-13-,21-14-. The first-order chi connectivity index (χ1) is 13.6. The second-order valence-corrected chi connectivity index (χ2v) is 5.75. The Bertz CT molecular complexity index is 853. The second-order valence-electron chi connectivity index (χ2n) is 5.75. The fraction of sp³-hybridized carbons (Fsp3) is 0.182. The first-order valence-electron chi connectivity index (χ1n) is 8.96. The minimum atomic E-state index is -0.652. The lowest BCUT2D eigenvalue weighted by Gasteiger charge is -2.10. The Hall–Kier alpha value is -3.54. The van der Waals surface area contributed by atoms with Crippen molar-refractivity contribution in [2.75, 3.05) is 13.2 Å². The van der Waals surface area contributed by atoms with Crippen molar-refractivity contribution in [3.8, 4) is 11.5 Å². The molecular weight excluding hydrogens is 356 g/mol. The van der Waals surface area contributed by atoms with E-state index in [0.717, 1.165) is 22.6 Å². The van der Waals surface area contributed by atoms with Gasteiger partial charge in [0, 0.05) is 0 Å². The second kappa shape index (κ2) is 10.6. The van der Waals surface area contributed by atoms with Gasteiger partial charge in [0.25, 0.3) is 5.91 Å². The van der Waals surface area contributed by atoms with Crippen molar-refractivity contribution in [1.29, 1.82) is 0 Å². The van der Waals surface area contributed by atoms with Crippen LogP contribution >= 0.6 is 0 Å². The molecule has 0 saturated carbocycles. The molecule has 2 amide bonds. The summed E-state index contributed by atoms with van der Waals surface area (Å²) in [5.74, 6) is 0.821. The molecule has 28 heavy (non-hydrogen) atoms. The van der Waals surface area contributed by atoms with Gasteiger partial charge in [0.1, 0.15) is 11.5 Å². The first kappa shape index (κ1) is 20.8. The SMILES string of the molecule is CCOc1ccc(/C=C(NC=O)/C(=C/c2ccc(OCC)cc2)C(N)=O)cc1. The lowest BCUT2D eigenvalue weighted by molar-refractivity contribution is -0.114. The van der Waals surface area contributed by atoms with Crippen LogP contribution in [0.25, 0.3) is 12.2 Å². The first-order valence-corrected chi connectivity index (χ1v) is 8.96. The number of benzene rings is 2. The molecule has 3 N–H and O–H groups in total. The van der Waals surface area contributed by atoms with Gasteiger partial charge in [-0.05, 0) is 61.4 Å². The number of rotatable bonds is 10. The summed E-state index contributed by atoms with van der Waals surface area (Å²) in [6, 6.07) is 14.5. The van der Waals surface area contributed by atoms with Gasteiger partial charge in [-0.25, -0.2) is 0 Å². The summed E-state index contributed by atoms with van der Waals surface area (Å²) in [6.45, 7) is 4.95. The van der Waals surface area contributed by atoms with E-state index >= 15 is 0 Å². The predicted molar refractivity (Wildman–Crippen MR) is 110 cm³/mol. The lowest BCUT2D eigenvalue weighted by Crippen LogP contribution is -2.22. The monoisotopic (exact) mass is 380 g/mol. The minimum absolute atomic E-state index is 0.185. The highest BCUT2D eigenvalue weighted by atomic mass is 16.5. The molecule has 6 nitrogen and oxygen atoms in total. The van der Waals surface area contributed by atoms with Crippen LogP contribution in [-0.2, 0) is 9.59 Å². The third-order valence-corrected chi connectivity index (χ3v) is 3.77. The molecule has 0 saturated heterocycles. The van der Waals surface area contributed by atoms with E-state index in [1.807, 2.05) is 50.2 Å². The van der Waals surface area contributed by atoms with Gasteiger partial charge in [-0.1, -0.05) is 24.3 Å². The highest BCUT2D eigenvalue weighted by Gasteiger charge is 2.12. The molecular formula is C22H24N2O4. The molecule has 0 bridgehead atoms. The van der Waals surface area contributed by atoms with Crippen LogP contribution in [0.3, 0.4) is 0 Å². The van der Waals surface area contributed by atoms with Crippen LogP contribution < -0.4 is 20.5 Å². The Labute approximate surface area is 164 Å². The smallest absolute Gasteiger partial charge is 0.250 e. The normalized spacial score (nSPS) is 11.6. The highest BCUT2D eigenvalue weighted by Crippen LogP contribution is 2.20. The molecule has 0 aromatic heterocycles. The van der Waals surface area contributed by atoms with E-state index in [1.54, 1.807) is 24.3 Å². The molecule has 6 heteroatoms. The summed E-state index contributed by atoms with van der Waals surface area (Å²) in [5.41, 5.74) is 7.59. The Morgan fingerprint density at radius 2 is 1.36 bits per heavy atom. The predicted octanol–water partition coefficient (Wildman–Crippen LogP) is 3.14.